The molecule has 1 saturated heterocycles. The molecule has 0 radical (unpaired) electrons. The molecule has 1 fully saturated rings. The van der Waals surface area contributed by atoms with E-state index in [-0.39, 0.29) is 12.1 Å². The maximum absolute atomic E-state index is 12.1. The van der Waals surface area contributed by atoms with Crippen molar-refractivity contribution in [3.63, 3.8) is 0 Å². The maximum Gasteiger partial charge on any atom is 0.410 e. The molecule has 1 aromatic rings. The van der Waals surface area contributed by atoms with Gasteiger partial charge in [0.05, 0.1) is 7.11 Å². The first-order chi connectivity index (χ1) is 14.3. The Kier molecular flexibility index (Phi) is 9.27. The Morgan fingerprint density at radius 3 is 2.33 bits per heavy atom. The lowest BCUT2D eigenvalue weighted by Crippen LogP contribution is -2.41. The molecule has 0 bridgehead atoms. The average Bonchev–Trinajstić information content (AvgIpc) is 2.71. The summed E-state index contributed by atoms with van der Waals surface area (Å²) in [6.07, 6.45) is 5.02. The standard InChI is InChI=1S/C23H37N3O4/c1-23(2,3)30-22(28)26-15-12-18(13-16-26)7-5-6-14-24-21(27)25-17-19-8-10-20(29-4)11-9-19/h8-11,18H,5-7,12-17H2,1-4H3,(H2,24,25,27). The zero-order chi connectivity index (χ0) is 22.0. The van der Waals surface area contributed by atoms with Gasteiger partial charge in [-0.2, -0.15) is 0 Å². The summed E-state index contributed by atoms with van der Waals surface area (Å²) in [7, 11) is 1.63. The van der Waals surface area contributed by atoms with Crippen LogP contribution in [-0.2, 0) is 11.3 Å². The van der Waals surface area contributed by atoms with Crippen LogP contribution in [-0.4, -0.2) is 49.4 Å². The van der Waals surface area contributed by atoms with Gasteiger partial charge in [0.2, 0.25) is 0 Å². The highest BCUT2D eigenvalue weighted by molar-refractivity contribution is 5.73. The zero-order valence-electron chi connectivity index (χ0n) is 18.8. The van der Waals surface area contributed by atoms with Crippen molar-refractivity contribution in [1.29, 1.82) is 0 Å². The summed E-state index contributed by atoms with van der Waals surface area (Å²) < 4.78 is 10.6. The minimum Gasteiger partial charge on any atom is -0.497 e. The number of amides is 3. The first-order valence-corrected chi connectivity index (χ1v) is 10.9. The molecule has 3 amide bonds. The number of piperidine rings is 1. The van der Waals surface area contributed by atoms with Gasteiger partial charge < -0.3 is 25.0 Å². The van der Waals surface area contributed by atoms with Crippen LogP contribution in [0.2, 0.25) is 0 Å². The third kappa shape index (κ3) is 8.93. The quantitative estimate of drug-likeness (QED) is 0.615. The van der Waals surface area contributed by atoms with Crippen molar-refractivity contribution >= 4 is 12.1 Å². The van der Waals surface area contributed by atoms with E-state index in [1.807, 2.05) is 49.9 Å². The number of carbonyl (C=O) groups is 2. The van der Waals surface area contributed by atoms with Gasteiger partial charge in [0, 0.05) is 26.2 Å². The predicted molar refractivity (Wildman–Crippen MR) is 118 cm³/mol. The molecule has 0 spiro atoms. The Labute approximate surface area is 180 Å². The monoisotopic (exact) mass is 419 g/mol. The number of urea groups is 1. The number of hydrogen-bond acceptors (Lipinski definition) is 4. The lowest BCUT2D eigenvalue weighted by molar-refractivity contribution is 0.0180. The van der Waals surface area contributed by atoms with E-state index in [2.05, 4.69) is 10.6 Å². The highest BCUT2D eigenvalue weighted by Crippen LogP contribution is 2.23. The number of nitrogens with one attached hydrogen (secondary N) is 2. The van der Waals surface area contributed by atoms with E-state index in [4.69, 9.17) is 9.47 Å². The summed E-state index contributed by atoms with van der Waals surface area (Å²) in [5.74, 6) is 1.45. The van der Waals surface area contributed by atoms with Gasteiger partial charge in [0.25, 0.3) is 0 Å². The normalized spacial score (nSPS) is 14.9. The number of likely N-dealkylation sites (tertiary alicyclic amines) is 1. The van der Waals surface area contributed by atoms with Crippen LogP contribution >= 0.6 is 0 Å². The molecular weight excluding hydrogens is 382 g/mol. The molecule has 1 aliphatic heterocycles. The first-order valence-electron chi connectivity index (χ1n) is 10.9. The highest BCUT2D eigenvalue weighted by Gasteiger charge is 2.26. The van der Waals surface area contributed by atoms with Crippen LogP contribution < -0.4 is 15.4 Å². The number of nitrogens with zero attached hydrogens (tertiary/aromatic N) is 1. The number of methoxy groups -OCH3 is 1. The van der Waals surface area contributed by atoms with Crippen LogP contribution in [0.25, 0.3) is 0 Å². The SMILES string of the molecule is COc1ccc(CNC(=O)NCCCCC2CCN(C(=O)OC(C)(C)C)CC2)cc1. The minimum absolute atomic E-state index is 0.142. The average molecular weight is 420 g/mol. The van der Waals surface area contributed by atoms with Crippen LogP contribution in [0, 0.1) is 5.92 Å². The molecule has 0 aromatic heterocycles. The second-order valence-corrected chi connectivity index (χ2v) is 8.86. The molecule has 0 unspecified atom stereocenters. The lowest BCUT2D eigenvalue weighted by atomic mass is 9.92. The third-order valence-electron chi connectivity index (χ3n) is 5.20. The van der Waals surface area contributed by atoms with E-state index in [0.29, 0.717) is 19.0 Å². The Morgan fingerprint density at radius 1 is 1.07 bits per heavy atom. The molecule has 1 aromatic carbocycles. The molecule has 0 saturated carbocycles. The summed E-state index contributed by atoms with van der Waals surface area (Å²) in [6.45, 7) is 8.38. The third-order valence-corrected chi connectivity index (χ3v) is 5.20. The van der Waals surface area contributed by atoms with Crippen molar-refractivity contribution in [3.8, 4) is 5.75 Å². The largest absolute Gasteiger partial charge is 0.497 e. The molecule has 0 atom stereocenters. The summed E-state index contributed by atoms with van der Waals surface area (Å²) in [4.78, 5) is 25.8. The fourth-order valence-corrected chi connectivity index (χ4v) is 3.48. The van der Waals surface area contributed by atoms with E-state index >= 15 is 0 Å². The summed E-state index contributed by atoms with van der Waals surface area (Å²) in [6, 6.07) is 7.50. The van der Waals surface area contributed by atoms with Gasteiger partial charge in [-0.1, -0.05) is 25.0 Å². The second kappa shape index (κ2) is 11.7. The van der Waals surface area contributed by atoms with Crippen LogP contribution in [0.5, 0.6) is 5.75 Å². The number of rotatable bonds is 8. The molecule has 30 heavy (non-hydrogen) atoms. The summed E-state index contributed by atoms with van der Waals surface area (Å²) in [5, 5.41) is 5.78. The first kappa shape index (κ1) is 23.8. The van der Waals surface area contributed by atoms with E-state index < -0.39 is 5.60 Å². The number of unbranched alkanes of at least 4 members (excludes halogenated alkanes) is 1. The van der Waals surface area contributed by atoms with Gasteiger partial charge in [-0.15, -0.1) is 0 Å². The predicted octanol–water partition coefficient (Wildman–Crippen LogP) is 4.31. The lowest BCUT2D eigenvalue weighted by Gasteiger charge is -2.33. The summed E-state index contributed by atoms with van der Waals surface area (Å²) >= 11 is 0. The number of ether oxygens (including phenoxy) is 2. The minimum atomic E-state index is -0.443. The van der Waals surface area contributed by atoms with Crippen molar-refractivity contribution < 1.29 is 19.1 Å². The van der Waals surface area contributed by atoms with Gasteiger partial charge in [0.1, 0.15) is 11.4 Å². The molecule has 0 aliphatic carbocycles. The van der Waals surface area contributed by atoms with Gasteiger partial charge in [-0.3, -0.25) is 0 Å². The van der Waals surface area contributed by atoms with Gasteiger partial charge in [-0.05, 0) is 63.6 Å². The fraction of sp³-hybridized carbons (Fsp3) is 0.652. The molecule has 7 nitrogen and oxygen atoms in total. The molecule has 1 heterocycles. The molecule has 2 N–H and O–H groups in total. The van der Waals surface area contributed by atoms with Crippen LogP contribution in [0.4, 0.5) is 9.59 Å². The molecule has 168 valence electrons. The van der Waals surface area contributed by atoms with Crippen molar-refractivity contribution in [2.45, 2.75) is 65.0 Å². The molecule has 7 heteroatoms. The van der Waals surface area contributed by atoms with E-state index in [0.717, 1.165) is 56.5 Å². The Morgan fingerprint density at radius 2 is 1.73 bits per heavy atom. The van der Waals surface area contributed by atoms with Crippen LogP contribution in [0.1, 0.15) is 58.4 Å². The highest BCUT2D eigenvalue weighted by atomic mass is 16.6. The Bertz CT molecular complexity index is 662. The smallest absolute Gasteiger partial charge is 0.410 e. The molecular formula is C23H37N3O4. The Balaban J connectivity index is 1.51. The van der Waals surface area contributed by atoms with Crippen molar-refractivity contribution in [2.24, 2.45) is 5.92 Å². The van der Waals surface area contributed by atoms with E-state index in [9.17, 15) is 9.59 Å². The summed E-state index contributed by atoms with van der Waals surface area (Å²) in [5.41, 5.74) is 0.589. The van der Waals surface area contributed by atoms with Crippen LogP contribution in [0.15, 0.2) is 24.3 Å². The van der Waals surface area contributed by atoms with E-state index in [1.165, 1.54) is 0 Å². The van der Waals surface area contributed by atoms with E-state index in [1.54, 1.807) is 7.11 Å². The second-order valence-electron chi connectivity index (χ2n) is 8.86. The van der Waals surface area contributed by atoms with Gasteiger partial charge >= 0.3 is 12.1 Å². The van der Waals surface area contributed by atoms with Gasteiger partial charge in [0.15, 0.2) is 0 Å². The van der Waals surface area contributed by atoms with Crippen LogP contribution in [0.3, 0.4) is 0 Å². The molecule has 1 aliphatic rings. The molecule has 2 rings (SSSR count). The Hall–Kier alpha value is -2.44. The number of carbonyl (C=O) groups excluding carboxylic acids is 2. The zero-order valence-corrected chi connectivity index (χ0v) is 18.8. The number of benzene rings is 1. The van der Waals surface area contributed by atoms with Crippen molar-refractivity contribution in [3.05, 3.63) is 29.8 Å². The maximum atomic E-state index is 12.1. The topological polar surface area (TPSA) is 79.9 Å². The van der Waals surface area contributed by atoms with Crippen molar-refractivity contribution in [1.82, 2.24) is 15.5 Å². The fourth-order valence-electron chi connectivity index (χ4n) is 3.48. The van der Waals surface area contributed by atoms with Gasteiger partial charge in [-0.25, -0.2) is 9.59 Å². The number of hydrogen-bond donors (Lipinski definition) is 2. The van der Waals surface area contributed by atoms with Crippen molar-refractivity contribution in [2.75, 3.05) is 26.7 Å².